The minimum Gasteiger partial charge on any atom is -0.496 e. The number of ether oxygens (including phenoxy) is 1. The van der Waals surface area contributed by atoms with Crippen LogP contribution in [0.3, 0.4) is 0 Å². The first-order valence-electron chi connectivity index (χ1n) is 11.3. The van der Waals surface area contributed by atoms with E-state index in [0.717, 1.165) is 25.7 Å². The van der Waals surface area contributed by atoms with Crippen molar-refractivity contribution in [2.24, 2.45) is 5.10 Å². The summed E-state index contributed by atoms with van der Waals surface area (Å²) in [7, 11) is -2.13. The number of carbonyl (C=O) groups is 1. The minimum atomic E-state index is -3.55. The molecule has 2 heterocycles. The summed E-state index contributed by atoms with van der Waals surface area (Å²) in [6.07, 6.45) is 5.76. The third-order valence-electron chi connectivity index (χ3n) is 6.93. The molecule has 1 amide bonds. The van der Waals surface area contributed by atoms with E-state index in [4.69, 9.17) is 4.74 Å². The highest BCUT2D eigenvalue weighted by atomic mass is 32.2. The molecule has 1 saturated carbocycles. The van der Waals surface area contributed by atoms with Crippen molar-refractivity contribution in [2.75, 3.05) is 52.6 Å². The van der Waals surface area contributed by atoms with Crippen molar-refractivity contribution in [3.05, 3.63) is 23.5 Å². The quantitative estimate of drug-likeness (QED) is 0.441. The Bertz CT molecular complexity index is 1090. The second-order valence-electron chi connectivity index (χ2n) is 8.85. The predicted octanol–water partition coefficient (Wildman–Crippen LogP) is 1.59. The molecule has 1 N–H and O–H groups in total. The summed E-state index contributed by atoms with van der Waals surface area (Å²) in [5.74, 6) is -0.538. The molecule has 2 fully saturated rings. The highest BCUT2D eigenvalue weighted by Crippen LogP contribution is 2.36. The lowest BCUT2D eigenvalue weighted by Crippen LogP contribution is -2.61. The van der Waals surface area contributed by atoms with Crippen LogP contribution in [0.2, 0.25) is 0 Å². The van der Waals surface area contributed by atoms with Gasteiger partial charge in [-0.25, -0.2) is 12.8 Å². The van der Waals surface area contributed by atoms with Crippen molar-refractivity contribution in [3.8, 4) is 5.75 Å². The standard InChI is InChI=1S/C22H30FN5O4S2/c1-26-14-19(25-26)34(30,31)28-10-8-27(9-11-28)22(6-4-5-7-22)15-24-21(29)20-17(32-2)12-16(23)13-18(20)33-3/h12-13H,1,4-11,14-15H2,2-3H3/p+1. The molecule has 0 atom stereocenters. The van der Waals surface area contributed by atoms with E-state index in [1.54, 1.807) is 6.26 Å². The fourth-order valence-electron chi connectivity index (χ4n) is 5.06. The van der Waals surface area contributed by atoms with Crippen LogP contribution in [0.4, 0.5) is 4.39 Å². The van der Waals surface area contributed by atoms with Crippen LogP contribution >= 0.6 is 11.8 Å². The number of rotatable bonds is 7. The second-order valence-corrected chi connectivity index (χ2v) is 11.6. The van der Waals surface area contributed by atoms with Gasteiger partial charge in [0.15, 0.2) is 6.72 Å². The molecule has 1 aliphatic carbocycles. The van der Waals surface area contributed by atoms with E-state index in [1.807, 2.05) is 0 Å². The van der Waals surface area contributed by atoms with E-state index in [-0.39, 0.29) is 28.8 Å². The van der Waals surface area contributed by atoms with Crippen molar-refractivity contribution in [3.63, 3.8) is 0 Å². The molecule has 2 aliphatic heterocycles. The molecule has 3 aliphatic rings. The Hall–Kier alpha value is -2.02. The zero-order valence-corrected chi connectivity index (χ0v) is 21.2. The molecule has 0 unspecified atom stereocenters. The minimum absolute atomic E-state index is 0.164. The Morgan fingerprint density at radius 2 is 1.94 bits per heavy atom. The number of methoxy groups -OCH3 is 1. The lowest BCUT2D eigenvalue weighted by molar-refractivity contribution is -0.532. The van der Waals surface area contributed by atoms with Gasteiger partial charge in [0.2, 0.25) is 6.54 Å². The number of hydrogen-bond donors (Lipinski definition) is 1. The van der Waals surface area contributed by atoms with Crippen LogP contribution in [0.5, 0.6) is 5.75 Å². The maximum absolute atomic E-state index is 13.9. The van der Waals surface area contributed by atoms with Gasteiger partial charge >= 0.3 is 0 Å². The molecule has 34 heavy (non-hydrogen) atoms. The number of carbonyl (C=O) groups excluding carboxylic acids is 1. The highest BCUT2D eigenvalue weighted by Gasteiger charge is 2.45. The first kappa shape index (κ1) is 25.1. The molecule has 1 aromatic rings. The summed E-state index contributed by atoms with van der Waals surface area (Å²) in [6, 6.07) is 2.56. The normalized spacial score (nSPS) is 21.1. The zero-order chi connectivity index (χ0) is 24.5. The van der Waals surface area contributed by atoms with E-state index < -0.39 is 15.8 Å². The lowest BCUT2D eigenvalue weighted by atomic mass is 9.93. The number of benzene rings is 1. The first-order valence-corrected chi connectivity index (χ1v) is 14.0. The number of thioether (sulfide) groups is 1. The number of piperazine rings is 1. The monoisotopic (exact) mass is 512 g/mol. The van der Waals surface area contributed by atoms with Crippen molar-refractivity contribution in [1.29, 1.82) is 0 Å². The fourth-order valence-corrected chi connectivity index (χ4v) is 7.16. The van der Waals surface area contributed by atoms with Crippen molar-refractivity contribution in [2.45, 2.75) is 36.1 Å². The number of nitrogens with zero attached hydrogens (tertiary/aromatic N) is 4. The van der Waals surface area contributed by atoms with E-state index in [0.29, 0.717) is 43.2 Å². The van der Waals surface area contributed by atoms with Crippen LogP contribution < -0.4 is 10.1 Å². The van der Waals surface area contributed by atoms with Gasteiger partial charge in [-0.2, -0.15) is 4.31 Å². The van der Waals surface area contributed by atoms with Gasteiger partial charge in [-0.05, 0) is 25.2 Å². The number of hydrogen-bond acceptors (Lipinski definition) is 7. The SMILES string of the molecule is C=[N+]1CC(S(=O)(=O)N2CCN(C3(CNC(=O)c4c(OC)cc(F)cc4SC)CCCC3)CC2)=N1. The molecule has 186 valence electrons. The second kappa shape index (κ2) is 9.92. The number of hydrazone groups is 1. The number of halogens is 1. The molecule has 1 saturated heterocycles. The summed E-state index contributed by atoms with van der Waals surface area (Å²) in [6.45, 7) is 6.23. The molecular formula is C22H31FN5O4S2+. The Morgan fingerprint density at radius 3 is 2.50 bits per heavy atom. The molecular weight excluding hydrogens is 481 g/mol. The van der Waals surface area contributed by atoms with E-state index in [2.05, 4.69) is 22.0 Å². The van der Waals surface area contributed by atoms with Gasteiger partial charge in [0.1, 0.15) is 11.6 Å². The topological polar surface area (TPSA) is 94.3 Å². The van der Waals surface area contributed by atoms with Crippen LogP contribution in [0.15, 0.2) is 22.1 Å². The van der Waals surface area contributed by atoms with Gasteiger partial charge in [-0.3, -0.25) is 9.69 Å². The Morgan fingerprint density at radius 1 is 1.29 bits per heavy atom. The van der Waals surface area contributed by atoms with Crippen molar-refractivity contribution < 1.29 is 27.0 Å². The molecule has 9 nitrogen and oxygen atoms in total. The molecule has 0 radical (unpaired) electrons. The summed E-state index contributed by atoms with van der Waals surface area (Å²) < 4.78 is 47.6. The molecule has 0 aromatic heterocycles. The van der Waals surface area contributed by atoms with Crippen LogP contribution in [-0.2, 0) is 10.0 Å². The predicted molar refractivity (Wildman–Crippen MR) is 130 cm³/mol. The maximum Gasteiger partial charge on any atom is 0.281 e. The van der Waals surface area contributed by atoms with E-state index >= 15 is 0 Å². The Kier molecular flexibility index (Phi) is 7.32. The third kappa shape index (κ3) is 4.73. The number of nitrogens with one attached hydrogen (secondary N) is 1. The van der Waals surface area contributed by atoms with Crippen LogP contribution in [0.25, 0.3) is 0 Å². The first-order chi connectivity index (χ1) is 16.2. The third-order valence-corrected chi connectivity index (χ3v) is 9.54. The smallest absolute Gasteiger partial charge is 0.281 e. The van der Waals surface area contributed by atoms with Gasteiger partial charge in [0.05, 0.1) is 12.7 Å². The maximum atomic E-state index is 13.9. The van der Waals surface area contributed by atoms with Crippen LogP contribution in [0.1, 0.15) is 36.0 Å². The average Bonchev–Trinajstić information content (AvgIpc) is 3.30. The summed E-state index contributed by atoms with van der Waals surface area (Å²) in [5.41, 5.74) is 0.109. The van der Waals surface area contributed by atoms with Gasteiger partial charge in [-0.15, -0.1) is 11.8 Å². The van der Waals surface area contributed by atoms with Gasteiger partial charge in [0.25, 0.3) is 21.0 Å². The summed E-state index contributed by atoms with van der Waals surface area (Å²) in [5, 5.41) is 7.14. The molecule has 12 heteroatoms. The van der Waals surface area contributed by atoms with Crippen LogP contribution in [-0.4, -0.2) is 98.1 Å². The summed E-state index contributed by atoms with van der Waals surface area (Å²) >= 11 is 1.29. The Balaban J connectivity index is 1.45. The number of sulfonamides is 1. The molecule has 0 bridgehead atoms. The molecule has 4 rings (SSSR count). The Labute approximate surface area is 204 Å². The average molecular weight is 513 g/mol. The largest absolute Gasteiger partial charge is 0.496 e. The van der Waals surface area contributed by atoms with E-state index in [1.165, 1.54) is 40.0 Å². The van der Waals surface area contributed by atoms with Crippen molar-refractivity contribution in [1.82, 2.24) is 14.5 Å². The molecule has 1 aromatic carbocycles. The molecule has 0 spiro atoms. The summed E-state index contributed by atoms with van der Waals surface area (Å²) in [4.78, 5) is 16.0. The highest BCUT2D eigenvalue weighted by molar-refractivity contribution is 8.04. The van der Waals surface area contributed by atoms with Crippen molar-refractivity contribution >= 4 is 39.5 Å². The lowest BCUT2D eigenvalue weighted by Gasteiger charge is -2.45. The zero-order valence-electron chi connectivity index (χ0n) is 19.5. The fraction of sp³-hybridized carbons (Fsp3) is 0.591. The van der Waals surface area contributed by atoms with Crippen LogP contribution in [0, 0.1) is 5.82 Å². The van der Waals surface area contributed by atoms with Gasteiger partial charge in [-0.1, -0.05) is 17.5 Å². The van der Waals surface area contributed by atoms with E-state index in [9.17, 15) is 17.6 Å². The van der Waals surface area contributed by atoms with Gasteiger partial charge in [0, 0.05) is 54.3 Å². The number of amides is 1. The van der Waals surface area contributed by atoms with Gasteiger partial charge < -0.3 is 10.1 Å².